The highest BCUT2D eigenvalue weighted by atomic mass is 16.5. The van der Waals surface area contributed by atoms with Gasteiger partial charge in [0.15, 0.2) is 11.5 Å². The van der Waals surface area contributed by atoms with Crippen LogP contribution in [0.2, 0.25) is 0 Å². The van der Waals surface area contributed by atoms with E-state index in [1.165, 1.54) is 5.56 Å². The predicted octanol–water partition coefficient (Wildman–Crippen LogP) is 3.27. The van der Waals surface area contributed by atoms with Crippen LogP contribution in [0.5, 0.6) is 11.5 Å². The predicted molar refractivity (Wildman–Crippen MR) is 96.5 cm³/mol. The van der Waals surface area contributed by atoms with Crippen molar-refractivity contribution in [3.8, 4) is 17.6 Å². The fourth-order valence-electron chi connectivity index (χ4n) is 2.70. The van der Waals surface area contributed by atoms with Gasteiger partial charge in [-0.2, -0.15) is 10.4 Å². The van der Waals surface area contributed by atoms with E-state index in [4.69, 9.17) is 14.7 Å². The van der Waals surface area contributed by atoms with Crippen LogP contribution in [0.1, 0.15) is 42.6 Å². The average molecular weight is 342 g/mol. The summed E-state index contributed by atoms with van der Waals surface area (Å²) >= 11 is 0. The Bertz CT molecular complexity index is 734. The van der Waals surface area contributed by atoms with Crippen molar-refractivity contribution < 1.29 is 9.47 Å². The number of rotatable bonds is 9. The number of nitriles is 1. The summed E-state index contributed by atoms with van der Waals surface area (Å²) in [5.74, 6) is 1.42. The minimum atomic E-state index is 0.204. The van der Waals surface area contributed by atoms with E-state index in [0.717, 1.165) is 11.3 Å². The molecule has 1 atom stereocenters. The highest BCUT2D eigenvalue weighted by molar-refractivity contribution is 5.43. The van der Waals surface area contributed by atoms with Crippen molar-refractivity contribution in [1.82, 2.24) is 15.1 Å². The first-order chi connectivity index (χ1) is 12.0. The van der Waals surface area contributed by atoms with E-state index in [1.54, 1.807) is 7.11 Å². The van der Waals surface area contributed by atoms with E-state index in [0.29, 0.717) is 37.5 Å². The molecule has 25 heavy (non-hydrogen) atoms. The van der Waals surface area contributed by atoms with Crippen LogP contribution >= 0.6 is 0 Å². The second-order valence-corrected chi connectivity index (χ2v) is 6.04. The van der Waals surface area contributed by atoms with Gasteiger partial charge >= 0.3 is 0 Å². The molecule has 6 nitrogen and oxygen atoms in total. The second kappa shape index (κ2) is 9.09. The van der Waals surface area contributed by atoms with Gasteiger partial charge in [-0.3, -0.25) is 4.68 Å². The largest absolute Gasteiger partial charge is 0.493 e. The van der Waals surface area contributed by atoms with Crippen LogP contribution in [-0.4, -0.2) is 23.5 Å². The summed E-state index contributed by atoms with van der Waals surface area (Å²) in [6.45, 7) is 5.38. The number of hydrogen-bond donors (Lipinski definition) is 1. The lowest BCUT2D eigenvalue weighted by atomic mass is 10.1. The molecule has 0 spiro atoms. The maximum absolute atomic E-state index is 8.60. The van der Waals surface area contributed by atoms with Gasteiger partial charge in [0, 0.05) is 37.8 Å². The summed E-state index contributed by atoms with van der Waals surface area (Å²) in [5.41, 5.74) is 3.35. The van der Waals surface area contributed by atoms with Crippen LogP contribution < -0.4 is 14.8 Å². The molecule has 0 aliphatic carbocycles. The maximum atomic E-state index is 8.60. The lowest BCUT2D eigenvalue weighted by Gasteiger charge is -2.15. The van der Waals surface area contributed by atoms with Crippen molar-refractivity contribution in [2.45, 2.75) is 39.3 Å². The molecule has 0 saturated carbocycles. The summed E-state index contributed by atoms with van der Waals surface area (Å²) in [7, 11) is 3.56. The Kier molecular flexibility index (Phi) is 6.84. The first kappa shape index (κ1) is 18.8. The summed E-state index contributed by atoms with van der Waals surface area (Å²) in [4.78, 5) is 0. The van der Waals surface area contributed by atoms with Crippen LogP contribution in [0.3, 0.4) is 0 Å². The quantitative estimate of drug-likeness (QED) is 0.708. The molecule has 1 N–H and O–H groups in total. The van der Waals surface area contributed by atoms with Crippen LogP contribution in [0.15, 0.2) is 24.4 Å². The third-order valence-electron chi connectivity index (χ3n) is 4.05. The zero-order chi connectivity index (χ0) is 18.2. The Morgan fingerprint density at radius 1 is 1.36 bits per heavy atom. The van der Waals surface area contributed by atoms with Gasteiger partial charge < -0.3 is 14.8 Å². The van der Waals surface area contributed by atoms with Gasteiger partial charge in [0.05, 0.1) is 25.5 Å². The van der Waals surface area contributed by atoms with E-state index in [-0.39, 0.29) is 6.04 Å². The van der Waals surface area contributed by atoms with E-state index in [2.05, 4.69) is 23.4 Å². The minimum Gasteiger partial charge on any atom is -0.493 e. The molecule has 1 unspecified atom stereocenters. The fourth-order valence-corrected chi connectivity index (χ4v) is 2.70. The van der Waals surface area contributed by atoms with E-state index >= 15 is 0 Å². The van der Waals surface area contributed by atoms with Gasteiger partial charge in [-0.1, -0.05) is 6.07 Å². The molecule has 134 valence electrons. The number of unbranched alkanes of at least 4 members (excludes halogenated alkanes) is 1. The number of ether oxygens (including phenoxy) is 2. The number of nitrogens with zero attached hydrogens (tertiary/aromatic N) is 3. The van der Waals surface area contributed by atoms with Crippen molar-refractivity contribution in [2.75, 3.05) is 13.7 Å². The molecule has 0 fully saturated rings. The molecule has 0 amide bonds. The Hall–Kier alpha value is -2.52. The van der Waals surface area contributed by atoms with Crippen molar-refractivity contribution in [3.05, 3.63) is 41.2 Å². The molecule has 0 bridgehead atoms. The number of benzene rings is 1. The lowest BCUT2D eigenvalue weighted by molar-refractivity contribution is 0.290. The third kappa shape index (κ3) is 5.23. The highest BCUT2D eigenvalue weighted by Crippen LogP contribution is 2.28. The first-order valence-corrected chi connectivity index (χ1v) is 8.45. The van der Waals surface area contributed by atoms with Gasteiger partial charge in [-0.05, 0) is 38.0 Å². The van der Waals surface area contributed by atoms with Crippen LogP contribution in [-0.2, 0) is 13.6 Å². The van der Waals surface area contributed by atoms with Crippen LogP contribution in [0.4, 0.5) is 0 Å². The van der Waals surface area contributed by atoms with Crippen molar-refractivity contribution in [1.29, 1.82) is 5.26 Å². The molecular weight excluding hydrogens is 316 g/mol. The molecule has 1 aromatic heterocycles. The molecule has 2 aromatic rings. The molecule has 0 aliphatic rings. The summed E-state index contributed by atoms with van der Waals surface area (Å²) in [5, 5.41) is 16.5. The minimum absolute atomic E-state index is 0.204. The Labute approximate surface area is 149 Å². The number of methoxy groups -OCH3 is 1. The Morgan fingerprint density at radius 3 is 2.80 bits per heavy atom. The Balaban J connectivity index is 1.99. The molecule has 0 aliphatic heterocycles. The fraction of sp³-hybridized carbons (Fsp3) is 0.474. The summed E-state index contributed by atoms with van der Waals surface area (Å²) in [6, 6.07) is 8.25. The number of aromatic nitrogens is 2. The van der Waals surface area contributed by atoms with Crippen LogP contribution in [0, 0.1) is 18.3 Å². The standard InChI is InChI=1S/C19H26N4O2/c1-14(17-13-23(3)22-15(17)2)21-12-16-7-8-18(24-4)19(11-16)25-10-6-5-9-20/h7-8,11,13-14,21H,5-6,10,12H2,1-4H3. The van der Waals surface area contributed by atoms with Crippen molar-refractivity contribution in [2.24, 2.45) is 7.05 Å². The van der Waals surface area contributed by atoms with Gasteiger partial charge in [0.25, 0.3) is 0 Å². The molecular formula is C19H26N4O2. The SMILES string of the molecule is COc1ccc(CNC(C)c2cn(C)nc2C)cc1OCCCC#N. The van der Waals surface area contributed by atoms with E-state index in [9.17, 15) is 0 Å². The molecule has 1 aromatic carbocycles. The van der Waals surface area contributed by atoms with Crippen LogP contribution in [0.25, 0.3) is 0 Å². The third-order valence-corrected chi connectivity index (χ3v) is 4.05. The lowest BCUT2D eigenvalue weighted by Crippen LogP contribution is -2.18. The summed E-state index contributed by atoms with van der Waals surface area (Å²) < 4.78 is 13.0. The Morgan fingerprint density at radius 2 is 2.16 bits per heavy atom. The number of hydrogen-bond acceptors (Lipinski definition) is 5. The van der Waals surface area contributed by atoms with E-state index in [1.807, 2.05) is 43.0 Å². The smallest absolute Gasteiger partial charge is 0.161 e. The summed E-state index contributed by atoms with van der Waals surface area (Å²) in [6.07, 6.45) is 3.25. The van der Waals surface area contributed by atoms with Gasteiger partial charge in [-0.15, -0.1) is 0 Å². The number of aryl methyl sites for hydroxylation is 2. The molecule has 6 heteroatoms. The monoisotopic (exact) mass is 342 g/mol. The topological polar surface area (TPSA) is 72.1 Å². The zero-order valence-corrected chi connectivity index (χ0v) is 15.4. The second-order valence-electron chi connectivity index (χ2n) is 6.04. The van der Waals surface area contributed by atoms with Crippen molar-refractivity contribution in [3.63, 3.8) is 0 Å². The highest BCUT2D eigenvalue weighted by Gasteiger charge is 2.12. The van der Waals surface area contributed by atoms with E-state index < -0.39 is 0 Å². The average Bonchev–Trinajstić information content (AvgIpc) is 2.95. The number of nitrogens with one attached hydrogen (secondary N) is 1. The molecule has 1 heterocycles. The normalized spacial score (nSPS) is 11.8. The molecule has 0 saturated heterocycles. The first-order valence-electron chi connectivity index (χ1n) is 8.45. The van der Waals surface area contributed by atoms with Gasteiger partial charge in [0.2, 0.25) is 0 Å². The maximum Gasteiger partial charge on any atom is 0.161 e. The van der Waals surface area contributed by atoms with Gasteiger partial charge in [-0.25, -0.2) is 0 Å². The molecule has 0 radical (unpaired) electrons. The molecule has 2 rings (SSSR count). The zero-order valence-electron chi connectivity index (χ0n) is 15.4. The van der Waals surface area contributed by atoms with Gasteiger partial charge in [0.1, 0.15) is 0 Å². The van der Waals surface area contributed by atoms with Crippen molar-refractivity contribution >= 4 is 0 Å².